The fourth-order valence-corrected chi connectivity index (χ4v) is 5.64. The van der Waals surface area contributed by atoms with E-state index < -0.39 is 0 Å². The van der Waals surface area contributed by atoms with E-state index in [9.17, 15) is 9.18 Å². The van der Waals surface area contributed by atoms with Gasteiger partial charge in [-0.1, -0.05) is 18.2 Å². The third kappa shape index (κ3) is 4.90. The SMILES string of the molecule is COc1ccc2c(c1)CCC1C(C(=O)NCC3CCN(Cc4cccc(F)c4)CC3)NNC21. The normalized spacial score (nSPS) is 25.3. The van der Waals surface area contributed by atoms with Crippen molar-refractivity contribution in [2.24, 2.45) is 11.8 Å². The maximum Gasteiger partial charge on any atom is 0.238 e. The number of benzene rings is 2. The highest BCUT2D eigenvalue weighted by atomic mass is 19.1. The molecule has 2 aromatic carbocycles. The molecule has 33 heavy (non-hydrogen) atoms. The van der Waals surface area contributed by atoms with Crippen LogP contribution in [0.2, 0.25) is 0 Å². The molecule has 7 heteroatoms. The van der Waals surface area contributed by atoms with Gasteiger partial charge in [0.1, 0.15) is 17.6 Å². The summed E-state index contributed by atoms with van der Waals surface area (Å²) in [4.78, 5) is 15.4. The topological polar surface area (TPSA) is 65.6 Å². The average molecular weight is 453 g/mol. The minimum atomic E-state index is -0.210. The van der Waals surface area contributed by atoms with Gasteiger partial charge in [0.25, 0.3) is 0 Å². The second-order valence-corrected chi connectivity index (χ2v) is 9.61. The second-order valence-electron chi connectivity index (χ2n) is 9.61. The Morgan fingerprint density at radius 3 is 2.79 bits per heavy atom. The zero-order valence-corrected chi connectivity index (χ0v) is 19.1. The summed E-state index contributed by atoms with van der Waals surface area (Å²) in [6, 6.07) is 13.0. The van der Waals surface area contributed by atoms with Gasteiger partial charge in [0, 0.05) is 19.0 Å². The summed E-state index contributed by atoms with van der Waals surface area (Å²) < 4.78 is 18.8. The lowest BCUT2D eigenvalue weighted by Crippen LogP contribution is -2.47. The molecule has 3 N–H and O–H groups in total. The van der Waals surface area contributed by atoms with E-state index in [1.807, 2.05) is 12.1 Å². The molecule has 2 saturated heterocycles. The number of aryl methyl sites for hydroxylation is 1. The highest BCUT2D eigenvalue weighted by molar-refractivity contribution is 5.82. The van der Waals surface area contributed by atoms with Gasteiger partial charge < -0.3 is 10.1 Å². The van der Waals surface area contributed by atoms with Crippen molar-refractivity contribution in [1.82, 2.24) is 21.1 Å². The number of nitrogens with one attached hydrogen (secondary N) is 3. The van der Waals surface area contributed by atoms with Crippen LogP contribution in [-0.2, 0) is 17.8 Å². The summed E-state index contributed by atoms with van der Waals surface area (Å²) >= 11 is 0. The van der Waals surface area contributed by atoms with Crippen LogP contribution in [0.15, 0.2) is 42.5 Å². The van der Waals surface area contributed by atoms with Crippen molar-refractivity contribution in [3.63, 3.8) is 0 Å². The number of halogens is 1. The molecule has 0 radical (unpaired) electrons. The third-order valence-electron chi connectivity index (χ3n) is 7.53. The van der Waals surface area contributed by atoms with Crippen molar-refractivity contribution >= 4 is 5.91 Å². The second kappa shape index (κ2) is 9.79. The largest absolute Gasteiger partial charge is 0.497 e. The first-order chi connectivity index (χ1) is 16.1. The molecule has 2 fully saturated rings. The van der Waals surface area contributed by atoms with Gasteiger partial charge in [-0.2, -0.15) is 0 Å². The molecule has 1 amide bonds. The van der Waals surface area contributed by atoms with Gasteiger partial charge in [-0.3, -0.25) is 9.69 Å². The van der Waals surface area contributed by atoms with Crippen LogP contribution in [0.25, 0.3) is 0 Å². The lowest BCUT2D eigenvalue weighted by atomic mass is 9.77. The Morgan fingerprint density at radius 2 is 2.00 bits per heavy atom. The Hall–Kier alpha value is -2.48. The monoisotopic (exact) mass is 452 g/mol. The molecule has 2 aliphatic heterocycles. The summed E-state index contributed by atoms with van der Waals surface area (Å²) in [5.74, 6) is 1.54. The van der Waals surface area contributed by atoms with Gasteiger partial charge in [0.15, 0.2) is 0 Å². The summed E-state index contributed by atoms with van der Waals surface area (Å²) in [6.45, 7) is 3.46. The molecule has 0 saturated carbocycles. The Kier molecular flexibility index (Phi) is 6.62. The Morgan fingerprint density at radius 1 is 1.15 bits per heavy atom. The number of piperidine rings is 1. The van der Waals surface area contributed by atoms with Crippen molar-refractivity contribution in [3.8, 4) is 5.75 Å². The first-order valence-corrected chi connectivity index (χ1v) is 12.0. The number of fused-ring (bicyclic) bond motifs is 3. The smallest absolute Gasteiger partial charge is 0.238 e. The summed E-state index contributed by atoms with van der Waals surface area (Å²) in [7, 11) is 1.69. The van der Waals surface area contributed by atoms with Gasteiger partial charge in [0.05, 0.1) is 13.2 Å². The molecule has 0 aromatic heterocycles. The van der Waals surface area contributed by atoms with Gasteiger partial charge in [-0.25, -0.2) is 15.2 Å². The van der Waals surface area contributed by atoms with Crippen molar-refractivity contribution in [3.05, 3.63) is 65.0 Å². The van der Waals surface area contributed by atoms with E-state index in [0.29, 0.717) is 5.92 Å². The van der Waals surface area contributed by atoms with E-state index in [-0.39, 0.29) is 29.7 Å². The molecule has 176 valence electrons. The molecule has 5 rings (SSSR count). The molecule has 3 atom stereocenters. The number of amides is 1. The molecule has 2 aromatic rings. The number of hydrazine groups is 1. The molecule has 2 heterocycles. The quantitative estimate of drug-likeness (QED) is 0.629. The van der Waals surface area contributed by atoms with E-state index in [2.05, 4.69) is 33.2 Å². The number of methoxy groups -OCH3 is 1. The molecule has 1 aliphatic carbocycles. The molecular weight excluding hydrogens is 419 g/mol. The zero-order chi connectivity index (χ0) is 22.8. The number of hydrogen-bond donors (Lipinski definition) is 3. The van der Waals surface area contributed by atoms with Crippen molar-refractivity contribution in [2.45, 2.75) is 44.3 Å². The predicted molar refractivity (Wildman–Crippen MR) is 125 cm³/mol. The fraction of sp³-hybridized carbons (Fsp3) is 0.500. The maximum absolute atomic E-state index is 13.4. The molecule has 0 bridgehead atoms. The Bertz CT molecular complexity index is 992. The van der Waals surface area contributed by atoms with Crippen LogP contribution in [0.1, 0.15) is 42.0 Å². The summed E-state index contributed by atoms with van der Waals surface area (Å²) in [5.41, 5.74) is 10.2. The number of ether oxygens (including phenoxy) is 1. The van der Waals surface area contributed by atoms with Crippen LogP contribution in [0.4, 0.5) is 4.39 Å². The minimum Gasteiger partial charge on any atom is -0.497 e. The zero-order valence-electron chi connectivity index (χ0n) is 19.1. The predicted octanol–water partition coefficient (Wildman–Crippen LogP) is 2.94. The van der Waals surface area contributed by atoms with Crippen LogP contribution < -0.4 is 20.9 Å². The van der Waals surface area contributed by atoms with Gasteiger partial charge >= 0.3 is 0 Å². The third-order valence-corrected chi connectivity index (χ3v) is 7.53. The van der Waals surface area contributed by atoms with E-state index in [1.165, 1.54) is 17.2 Å². The van der Waals surface area contributed by atoms with Crippen molar-refractivity contribution in [2.75, 3.05) is 26.7 Å². The molecule has 3 aliphatic rings. The fourth-order valence-electron chi connectivity index (χ4n) is 5.64. The molecule has 0 spiro atoms. The van der Waals surface area contributed by atoms with Crippen LogP contribution in [0.5, 0.6) is 5.75 Å². The van der Waals surface area contributed by atoms with E-state index >= 15 is 0 Å². The molecular formula is C26H33FN4O2. The summed E-state index contributed by atoms with van der Waals surface area (Å²) in [5, 5.41) is 3.21. The number of rotatable bonds is 6. The van der Waals surface area contributed by atoms with Crippen LogP contribution in [0.3, 0.4) is 0 Å². The van der Waals surface area contributed by atoms with E-state index in [0.717, 1.165) is 63.2 Å². The Balaban J connectivity index is 1.10. The van der Waals surface area contributed by atoms with Crippen LogP contribution >= 0.6 is 0 Å². The number of likely N-dealkylation sites (tertiary alicyclic amines) is 1. The lowest BCUT2D eigenvalue weighted by Gasteiger charge is -2.32. The number of hydrogen-bond acceptors (Lipinski definition) is 5. The first kappa shape index (κ1) is 22.3. The van der Waals surface area contributed by atoms with E-state index in [1.54, 1.807) is 19.2 Å². The van der Waals surface area contributed by atoms with Gasteiger partial charge in [-0.05, 0) is 85.6 Å². The summed E-state index contributed by atoms with van der Waals surface area (Å²) in [6.07, 6.45) is 4.03. The maximum atomic E-state index is 13.4. The molecule has 3 unspecified atom stereocenters. The van der Waals surface area contributed by atoms with Crippen LogP contribution in [-0.4, -0.2) is 43.6 Å². The highest BCUT2D eigenvalue weighted by Gasteiger charge is 2.43. The van der Waals surface area contributed by atoms with Crippen LogP contribution in [0, 0.1) is 17.7 Å². The number of nitrogens with zero attached hydrogens (tertiary/aromatic N) is 1. The highest BCUT2D eigenvalue weighted by Crippen LogP contribution is 2.40. The number of carbonyl (C=O) groups is 1. The van der Waals surface area contributed by atoms with E-state index in [4.69, 9.17) is 4.74 Å². The van der Waals surface area contributed by atoms with Crippen molar-refractivity contribution in [1.29, 1.82) is 0 Å². The molecule has 6 nitrogen and oxygen atoms in total. The standard InChI is InChI=1S/C26H33FN4O2/c1-33-21-6-8-22-19(14-21)5-7-23-24(22)29-30-25(23)26(32)28-15-17-9-11-31(12-10-17)16-18-3-2-4-20(27)13-18/h2-4,6,8,13-14,17,23-25,29-30H,5,7,9-12,15-16H2,1H3,(H,28,32). The minimum absolute atomic E-state index is 0.0918. The van der Waals surface area contributed by atoms with Gasteiger partial charge in [0.2, 0.25) is 5.91 Å². The van der Waals surface area contributed by atoms with Crippen molar-refractivity contribution < 1.29 is 13.9 Å². The first-order valence-electron chi connectivity index (χ1n) is 12.0. The number of carbonyl (C=O) groups excluding carboxylic acids is 1. The van der Waals surface area contributed by atoms with Gasteiger partial charge in [-0.15, -0.1) is 0 Å². The average Bonchev–Trinajstić information content (AvgIpc) is 3.28. The lowest BCUT2D eigenvalue weighted by molar-refractivity contribution is -0.124. The Labute approximate surface area is 194 Å².